The Hall–Kier alpha value is -2.17. The highest BCUT2D eigenvalue weighted by atomic mass is 79.9. The van der Waals surface area contributed by atoms with E-state index in [1.165, 1.54) is 0 Å². The van der Waals surface area contributed by atoms with E-state index in [1.807, 2.05) is 0 Å². The van der Waals surface area contributed by atoms with Gasteiger partial charge in [-0.2, -0.15) is 0 Å². The Labute approximate surface area is 163 Å². The van der Waals surface area contributed by atoms with Crippen molar-refractivity contribution < 1.29 is 47.7 Å². The van der Waals surface area contributed by atoms with E-state index in [2.05, 4.69) is 15.9 Å². The van der Waals surface area contributed by atoms with Gasteiger partial charge in [-0.1, -0.05) is 15.9 Å². The fraction of sp³-hybridized carbons (Fsp3) is 0.688. The summed E-state index contributed by atoms with van der Waals surface area (Å²) in [6.45, 7) is 5.57. The standard InChI is InChI=1S/C16H21BrO10/c1-6(18)23-12-11(17)13(24-7(2)19)15(26-9(4)21)16(27-10(5)22)14(12)25-8(3)20/h11-16H,1-5H3/t11?,12-,13-,14-,15-,16?/m1/s1. The normalized spacial score (nSPS) is 29.9. The van der Waals surface area contributed by atoms with Gasteiger partial charge in [0.15, 0.2) is 30.5 Å². The fourth-order valence-electron chi connectivity index (χ4n) is 2.73. The minimum atomic E-state index is -1.38. The molecule has 152 valence electrons. The van der Waals surface area contributed by atoms with E-state index in [-0.39, 0.29) is 0 Å². The smallest absolute Gasteiger partial charge is 0.303 e. The van der Waals surface area contributed by atoms with Gasteiger partial charge < -0.3 is 23.7 Å². The Kier molecular flexibility index (Phi) is 8.20. The van der Waals surface area contributed by atoms with E-state index in [0.29, 0.717) is 0 Å². The first-order valence-electron chi connectivity index (χ1n) is 7.94. The number of carbonyl (C=O) groups excluding carboxylic acids is 5. The first kappa shape index (κ1) is 22.9. The Morgan fingerprint density at radius 1 is 0.481 bits per heavy atom. The van der Waals surface area contributed by atoms with Gasteiger partial charge in [-0.15, -0.1) is 0 Å². The summed E-state index contributed by atoms with van der Waals surface area (Å²) in [5.41, 5.74) is 0. The number of hydrogen-bond acceptors (Lipinski definition) is 10. The molecular formula is C16H21BrO10. The highest BCUT2D eigenvalue weighted by molar-refractivity contribution is 9.09. The SMILES string of the molecule is CC(=O)OC1[C@H](OC(C)=O)[C@H](OC(C)=O)C(Br)[C@@H](OC(C)=O)[C@H]1OC(C)=O. The summed E-state index contributed by atoms with van der Waals surface area (Å²) < 4.78 is 26.0. The van der Waals surface area contributed by atoms with Crippen LogP contribution >= 0.6 is 15.9 Å². The third kappa shape index (κ3) is 6.49. The number of halogens is 1. The van der Waals surface area contributed by atoms with Crippen molar-refractivity contribution in [3.05, 3.63) is 0 Å². The van der Waals surface area contributed by atoms with Crippen LogP contribution in [0.3, 0.4) is 0 Å². The summed E-state index contributed by atoms with van der Waals surface area (Å²) >= 11 is 3.26. The Balaban J connectivity index is 3.46. The largest absolute Gasteiger partial charge is 0.457 e. The molecule has 0 spiro atoms. The fourth-order valence-corrected chi connectivity index (χ4v) is 3.55. The van der Waals surface area contributed by atoms with E-state index in [0.717, 1.165) is 34.6 Å². The van der Waals surface area contributed by atoms with Crippen LogP contribution in [-0.2, 0) is 47.7 Å². The molecule has 1 fully saturated rings. The third-order valence-corrected chi connectivity index (χ3v) is 4.48. The van der Waals surface area contributed by atoms with Gasteiger partial charge in [0.05, 0.1) is 4.83 Å². The van der Waals surface area contributed by atoms with Crippen LogP contribution in [0.5, 0.6) is 0 Å². The van der Waals surface area contributed by atoms with Crippen LogP contribution in [0.4, 0.5) is 0 Å². The first-order valence-corrected chi connectivity index (χ1v) is 8.85. The Morgan fingerprint density at radius 3 is 0.889 bits per heavy atom. The van der Waals surface area contributed by atoms with Crippen LogP contribution in [0.25, 0.3) is 0 Å². The molecule has 0 unspecified atom stereocenters. The lowest BCUT2D eigenvalue weighted by Crippen LogP contribution is -2.66. The molecule has 0 bridgehead atoms. The lowest BCUT2D eigenvalue weighted by atomic mass is 9.86. The van der Waals surface area contributed by atoms with Crippen molar-refractivity contribution in [2.24, 2.45) is 0 Å². The molecule has 1 saturated carbocycles. The maximum atomic E-state index is 11.6. The molecule has 1 aliphatic rings. The zero-order chi connectivity index (χ0) is 20.9. The van der Waals surface area contributed by atoms with Crippen molar-refractivity contribution in [2.45, 2.75) is 70.0 Å². The maximum Gasteiger partial charge on any atom is 0.303 e. The molecule has 0 aliphatic heterocycles. The van der Waals surface area contributed by atoms with Crippen LogP contribution in [0.15, 0.2) is 0 Å². The number of hydrogen-bond donors (Lipinski definition) is 0. The molecule has 11 heteroatoms. The quantitative estimate of drug-likeness (QED) is 0.328. The first-order chi connectivity index (χ1) is 12.4. The van der Waals surface area contributed by atoms with Crippen molar-refractivity contribution in [1.29, 1.82) is 0 Å². The monoisotopic (exact) mass is 452 g/mol. The summed E-state index contributed by atoms with van der Waals surface area (Å²) in [5.74, 6) is -3.69. The van der Waals surface area contributed by atoms with Gasteiger partial charge in [0.1, 0.15) is 0 Å². The second kappa shape index (κ2) is 9.67. The molecule has 0 aromatic carbocycles. The molecular weight excluding hydrogens is 432 g/mol. The molecule has 0 aromatic heterocycles. The summed E-state index contributed by atoms with van der Waals surface area (Å²) in [7, 11) is 0. The molecule has 1 aliphatic carbocycles. The number of alkyl halides is 1. The van der Waals surface area contributed by atoms with Crippen molar-refractivity contribution in [3.8, 4) is 0 Å². The molecule has 0 saturated heterocycles. The lowest BCUT2D eigenvalue weighted by Gasteiger charge is -2.45. The number of rotatable bonds is 5. The topological polar surface area (TPSA) is 132 Å². The van der Waals surface area contributed by atoms with Gasteiger partial charge in [0.25, 0.3) is 0 Å². The van der Waals surface area contributed by atoms with Gasteiger partial charge in [-0.3, -0.25) is 24.0 Å². The van der Waals surface area contributed by atoms with Crippen LogP contribution in [0.1, 0.15) is 34.6 Å². The summed E-state index contributed by atoms with van der Waals surface area (Å²) in [6, 6.07) is 0. The second-order valence-electron chi connectivity index (χ2n) is 5.81. The molecule has 4 atom stereocenters. The van der Waals surface area contributed by atoms with E-state index in [1.54, 1.807) is 0 Å². The minimum absolute atomic E-state index is 0.712. The van der Waals surface area contributed by atoms with Crippen molar-refractivity contribution in [2.75, 3.05) is 0 Å². The molecule has 0 amide bonds. The van der Waals surface area contributed by atoms with Gasteiger partial charge in [-0.05, 0) is 0 Å². The molecule has 1 rings (SSSR count). The van der Waals surface area contributed by atoms with Crippen LogP contribution < -0.4 is 0 Å². The summed E-state index contributed by atoms with van der Waals surface area (Å²) in [5, 5.41) is 0. The lowest BCUT2D eigenvalue weighted by molar-refractivity contribution is -0.227. The molecule has 0 radical (unpaired) electrons. The Morgan fingerprint density at radius 2 is 0.667 bits per heavy atom. The van der Waals surface area contributed by atoms with Gasteiger partial charge in [0, 0.05) is 34.6 Å². The molecule has 0 aromatic rings. The van der Waals surface area contributed by atoms with Crippen molar-refractivity contribution >= 4 is 45.8 Å². The molecule has 27 heavy (non-hydrogen) atoms. The van der Waals surface area contributed by atoms with E-state index in [9.17, 15) is 24.0 Å². The van der Waals surface area contributed by atoms with E-state index >= 15 is 0 Å². The number of ether oxygens (including phenoxy) is 5. The van der Waals surface area contributed by atoms with E-state index < -0.39 is 65.2 Å². The summed E-state index contributed by atoms with van der Waals surface area (Å²) in [6.07, 6.45) is -6.37. The molecule has 0 N–H and O–H groups in total. The minimum Gasteiger partial charge on any atom is -0.457 e. The van der Waals surface area contributed by atoms with Gasteiger partial charge in [0.2, 0.25) is 0 Å². The predicted octanol–water partition coefficient (Wildman–Crippen LogP) is 0.422. The van der Waals surface area contributed by atoms with E-state index in [4.69, 9.17) is 23.7 Å². The van der Waals surface area contributed by atoms with Crippen molar-refractivity contribution in [3.63, 3.8) is 0 Å². The predicted molar refractivity (Wildman–Crippen MR) is 90.5 cm³/mol. The Bertz CT molecular complexity index is 574. The summed E-state index contributed by atoms with van der Waals surface area (Å²) in [4.78, 5) is 56.8. The van der Waals surface area contributed by atoms with Crippen LogP contribution in [-0.4, -0.2) is 65.2 Å². The third-order valence-electron chi connectivity index (χ3n) is 3.43. The zero-order valence-electron chi connectivity index (χ0n) is 15.4. The average Bonchev–Trinajstić information content (AvgIpc) is 2.49. The molecule has 0 heterocycles. The number of esters is 5. The average molecular weight is 453 g/mol. The highest BCUT2D eigenvalue weighted by Crippen LogP contribution is 2.36. The van der Waals surface area contributed by atoms with Crippen LogP contribution in [0.2, 0.25) is 0 Å². The second-order valence-corrected chi connectivity index (χ2v) is 6.87. The maximum absolute atomic E-state index is 11.6. The van der Waals surface area contributed by atoms with Crippen LogP contribution in [0, 0.1) is 0 Å². The molecule has 10 nitrogen and oxygen atoms in total. The van der Waals surface area contributed by atoms with Crippen molar-refractivity contribution in [1.82, 2.24) is 0 Å². The van der Waals surface area contributed by atoms with Gasteiger partial charge >= 0.3 is 29.8 Å². The van der Waals surface area contributed by atoms with Gasteiger partial charge in [-0.25, -0.2) is 0 Å². The number of carbonyl (C=O) groups is 5. The highest BCUT2D eigenvalue weighted by Gasteiger charge is 2.58. The zero-order valence-corrected chi connectivity index (χ0v) is 17.0.